The highest BCUT2D eigenvalue weighted by Gasteiger charge is 2.29. The predicted molar refractivity (Wildman–Crippen MR) is 125 cm³/mol. The van der Waals surface area contributed by atoms with E-state index in [2.05, 4.69) is 9.97 Å². The molecule has 0 aliphatic carbocycles. The van der Waals surface area contributed by atoms with Crippen molar-refractivity contribution in [3.63, 3.8) is 0 Å². The maximum absolute atomic E-state index is 13.2. The Balaban J connectivity index is 1.51. The number of fused-ring (bicyclic) bond motifs is 1. The summed E-state index contributed by atoms with van der Waals surface area (Å²) in [7, 11) is 1.78. The molecular formula is C24H26N4O4S. The predicted octanol–water partition coefficient (Wildman–Crippen LogP) is 3.09. The lowest BCUT2D eigenvalue weighted by molar-refractivity contribution is -0.151. The molecule has 2 aromatic heterocycles. The lowest BCUT2D eigenvalue weighted by atomic mass is 9.98. The number of rotatable bonds is 7. The van der Waals surface area contributed by atoms with Gasteiger partial charge in [0, 0.05) is 43.5 Å². The summed E-state index contributed by atoms with van der Waals surface area (Å²) in [6, 6.07) is 9.18. The number of aromatic nitrogens is 3. The van der Waals surface area contributed by atoms with Gasteiger partial charge in [-0.25, -0.2) is 9.97 Å². The van der Waals surface area contributed by atoms with Gasteiger partial charge in [-0.15, -0.1) is 0 Å². The van der Waals surface area contributed by atoms with Gasteiger partial charge >= 0.3 is 5.97 Å². The van der Waals surface area contributed by atoms with Gasteiger partial charge < -0.3 is 14.2 Å². The number of nitrogens with zero attached hydrogens (tertiary/aromatic N) is 4. The normalized spacial score (nSPS) is 16.1. The van der Waals surface area contributed by atoms with E-state index >= 15 is 0 Å². The highest BCUT2D eigenvalue weighted by molar-refractivity contribution is 7.99. The van der Waals surface area contributed by atoms with Gasteiger partial charge in [-0.05, 0) is 31.9 Å². The quantitative estimate of drug-likeness (QED) is 0.300. The van der Waals surface area contributed by atoms with Gasteiger partial charge in [0.15, 0.2) is 5.82 Å². The van der Waals surface area contributed by atoms with E-state index in [1.807, 2.05) is 24.3 Å². The van der Waals surface area contributed by atoms with Crippen LogP contribution in [0.4, 0.5) is 0 Å². The largest absolute Gasteiger partial charge is 0.466 e. The zero-order valence-corrected chi connectivity index (χ0v) is 19.5. The lowest BCUT2D eigenvalue weighted by Crippen LogP contribution is -2.43. The van der Waals surface area contributed by atoms with E-state index in [1.165, 1.54) is 11.8 Å². The van der Waals surface area contributed by atoms with E-state index in [-0.39, 0.29) is 29.3 Å². The first-order valence-electron chi connectivity index (χ1n) is 11.0. The minimum atomic E-state index is -0.270. The molecule has 1 unspecified atom stereocenters. The number of piperidine rings is 1. The molecule has 0 spiro atoms. The summed E-state index contributed by atoms with van der Waals surface area (Å²) < 4.78 is 6.81. The molecule has 0 saturated carbocycles. The summed E-state index contributed by atoms with van der Waals surface area (Å²) in [6.07, 6.45) is 4.83. The fourth-order valence-electron chi connectivity index (χ4n) is 4.00. The van der Waals surface area contributed by atoms with Gasteiger partial charge in [0.25, 0.3) is 0 Å². The van der Waals surface area contributed by atoms with E-state index in [0.717, 1.165) is 18.2 Å². The van der Waals surface area contributed by atoms with Crippen LogP contribution in [-0.2, 0) is 21.4 Å². The van der Waals surface area contributed by atoms with Crippen LogP contribution in [0.25, 0.3) is 10.9 Å². The van der Waals surface area contributed by atoms with Crippen molar-refractivity contribution in [2.45, 2.75) is 24.8 Å². The monoisotopic (exact) mass is 466 g/mol. The Morgan fingerprint density at radius 3 is 2.82 bits per heavy atom. The third-order valence-electron chi connectivity index (χ3n) is 5.70. The van der Waals surface area contributed by atoms with Crippen LogP contribution >= 0.6 is 11.8 Å². The molecule has 3 aromatic rings. The van der Waals surface area contributed by atoms with Crippen LogP contribution in [0.2, 0.25) is 0 Å². The molecule has 1 saturated heterocycles. The fraction of sp³-hybridized carbons (Fsp3) is 0.375. The van der Waals surface area contributed by atoms with E-state index in [4.69, 9.17) is 4.74 Å². The summed E-state index contributed by atoms with van der Waals surface area (Å²) in [5, 5.41) is 1.34. The molecule has 33 heavy (non-hydrogen) atoms. The van der Waals surface area contributed by atoms with Crippen molar-refractivity contribution in [1.29, 1.82) is 0 Å². The number of thioether (sulfide) groups is 1. The molecule has 1 atom stereocenters. The number of imidazole rings is 1. The van der Waals surface area contributed by atoms with Crippen LogP contribution in [0.3, 0.4) is 0 Å². The number of amides is 1. The van der Waals surface area contributed by atoms with Crippen molar-refractivity contribution >= 4 is 40.3 Å². The van der Waals surface area contributed by atoms with Crippen LogP contribution in [0.15, 0.2) is 47.8 Å². The highest BCUT2D eigenvalue weighted by Crippen LogP contribution is 2.27. The zero-order valence-electron chi connectivity index (χ0n) is 18.7. The van der Waals surface area contributed by atoms with Gasteiger partial charge in [-0.1, -0.05) is 30.0 Å². The van der Waals surface area contributed by atoms with Crippen molar-refractivity contribution in [3.8, 4) is 0 Å². The van der Waals surface area contributed by atoms with Gasteiger partial charge in [0.05, 0.1) is 28.8 Å². The molecule has 1 aliphatic rings. The molecule has 9 heteroatoms. The van der Waals surface area contributed by atoms with Crippen molar-refractivity contribution in [3.05, 3.63) is 54.1 Å². The maximum Gasteiger partial charge on any atom is 0.310 e. The Bertz CT molecular complexity index is 1190. The first kappa shape index (κ1) is 23.0. The molecule has 1 fully saturated rings. The summed E-state index contributed by atoms with van der Waals surface area (Å²) >= 11 is 1.29. The molecule has 1 amide bonds. The molecule has 3 heterocycles. The Morgan fingerprint density at radius 1 is 1.24 bits per heavy atom. The van der Waals surface area contributed by atoms with Crippen LogP contribution in [-0.4, -0.2) is 62.5 Å². The smallest absolute Gasteiger partial charge is 0.310 e. The van der Waals surface area contributed by atoms with Gasteiger partial charge in [0.2, 0.25) is 11.7 Å². The second-order valence-corrected chi connectivity index (χ2v) is 8.93. The molecule has 1 aromatic carbocycles. The van der Waals surface area contributed by atoms with Crippen LogP contribution < -0.4 is 0 Å². The van der Waals surface area contributed by atoms with Crippen molar-refractivity contribution in [2.75, 3.05) is 25.4 Å². The summed E-state index contributed by atoms with van der Waals surface area (Å²) in [5.74, 6) is -0.235. The molecule has 0 radical (unpaired) electrons. The average Bonchev–Trinajstić information content (AvgIpc) is 3.27. The van der Waals surface area contributed by atoms with Gasteiger partial charge in [-0.2, -0.15) is 0 Å². The number of para-hydroxylation sites is 1. The Morgan fingerprint density at radius 2 is 2.06 bits per heavy atom. The van der Waals surface area contributed by atoms with Crippen molar-refractivity contribution in [1.82, 2.24) is 19.4 Å². The molecule has 4 rings (SSSR count). The third kappa shape index (κ3) is 5.08. The number of pyridine rings is 1. The van der Waals surface area contributed by atoms with Crippen LogP contribution in [0.5, 0.6) is 0 Å². The summed E-state index contributed by atoms with van der Waals surface area (Å²) in [5.41, 5.74) is 1.19. The molecule has 8 nitrogen and oxygen atoms in total. The third-order valence-corrected chi connectivity index (χ3v) is 6.60. The number of carbonyl (C=O) groups is 3. The molecular weight excluding hydrogens is 440 g/mol. The number of likely N-dealkylation sites (tertiary alicyclic amines) is 1. The molecule has 172 valence electrons. The zero-order chi connectivity index (χ0) is 23.4. The Labute approximate surface area is 196 Å². The maximum atomic E-state index is 13.2. The number of hydrogen-bond acceptors (Lipinski definition) is 7. The lowest BCUT2D eigenvalue weighted by Gasteiger charge is -2.31. The molecule has 1 aliphatic heterocycles. The number of hydrogen-bond donors (Lipinski definition) is 0. The minimum Gasteiger partial charge on any atom is -0.466 e. The Kier molecular flexibility index (Phi) is 7.08. The average molecular weight is 467 g/mol. The number of esters is 1. The number of carbonyl (C=O) groups excluding carboxylic acids is 3. The fourth-order valence-corrected chi connectivity index (χ4v) is 4.82. The van der Waals surface area contributed by atoms with Gasteiger partial charge in [0.1, 0.15) is 0 Å². The van der Waals surface area contributed by atoms with E-state index in [0.29, 0.717) is 41.6 Å². The molecule has 0 N–H and O–H groups in total. The number of benzene rings is 1. The second-order valence-electron chi connectivity index (χ2n) is 7.94. The van der Waals surface area contributed by atoms with Crippen LogP contribution in [0, 0.1) is 5.92 Å². The highest BCUT2D eigenvalue weighted by atomic mass is 32.2. The first-order chi connectivity index (χ1) is 16.0. The Hall–Kier alpha value is -3.20. The number of ketones is 1. The van der Waals surface area contributed by atoms with Crippen molar-refractivity contribution in [2.24, 2.45) is 13.0 Å². The molecule has 0 bridgehead atoms. The minimum absolute atomic E-state index is 0.0547. The standard InChI is InChI=1S/C24H26N4O4S/c1-3-32-24(31)16-7-6-11-28(14-16)21(29)15-33-20-13-18(17-8-4-5-9-19(17)26-20)22(30)23-25-10-12-27(23)2/h4-5,8-10,12-13,16H,3,6-7,11,14-15H2,1-2H3. The number of ether oxygens (including phenoxy) is 1. The topological polar surface area (TPSA) is 94.4 Å². The van der Waals surface area contributed by atoms with Gasteiger partial charge in [-0.3, -0.25) is 14.4 Å². The van der Waals surface area contributed by atoms with E-state index in [1.54, 1.807) is 41.9 Å². The summed E-state index contributed by atoms with van der Waals surface area (Å²) in [4.78, 5) is 48.7. The van der Waals surface area contributed by atoms with E-state index in [9.17, 15) is 14.4 Å². The first-order valence-corrected chi connectivity index (χ1v) is 12.0. The van der Waals surface area contributed by atoms with Crippen LogP contribution in [0.1, 0.15) is 35.9 Å². The number of aryl methyl sites for hydroxylation is 1. The van der Waals surface area contributed by atoms with Crippen molar-refractivity contribution < 1.29 is 19.1 Å². The second kappa shape index (κ2) is 10.2. The van der Waals surface area contributed by atoms with E-state index < -0.39 is 0 Å². The summed E-state index contributed by atoms with van der Waals surface area (Å²) in [6.45, 7) is 3.13. The SMILES string of the molecule is CCOC(=O)C1CCCN(C(=O)CSc2cc(C(=O)c3nccn3C)c3ccccc3n2)C1.